The first-order chi connectivity index (χ1) is 15.6. The quantitative estimate of drug-likeness (QED) is 0.473. The molecule has 1 aromatic carbocycles. The van der Waals surface area contributed by atoms with E-state index in [1.807, 2.05) is 38.1 Å². The number of nitrogens with one attached hydrogen (secondary N) is 1. The minimum absolute atomic E-state index is 0.0636. The Morgan fingerprint density at radius 1 is 1.15 bits per heavy atom. The number of hydrogen-bond acceptors (Lipinski definition) is 4. The second kappa shape index (κ2) is 8.68. The van der Waals surface area contributed by atoms with Crippen LogP contribution in [0, 0.1) is 13.8 Å². The molecule has 4 aromatic rings. The first-order valence-corrected chi connectivity index (χ1v) is 10.4. The van der Waals surface area contributed by atoms with Crippen molar-refractivity contribution in [3.8, 4) is 11.1 Å². The first-order valence-electron chi connectivity index (χ1n) is 10.4. The van der Waals surface area contributed by atoms with E-state index in [1.165, 1.54) is 6.20 Å². The van der Waals surface area contributed by atoms with Gasteiger partial charge in [-0.15, -0.1) is 0 Å². The zero-order valence-electron chi connectivity index (χ0n) is 18.4. The van der Waals surface area contributed by atoms with E-state index in [2.05, 4.69) is 26.6 Å². The summed E-state index contributed by atoms with van der Waals surface area (Å²) in [6, 6.07) is 10.5. The highest BCUT2D eigenvalue weighted by molar-refractivity contribution is 5.95. The van der Waals surface area contributed by atoms with Crippen LogP contribution in [0.2, 0.25) is 0 Å². The Morgan fingerprint density at radius 2 is 1.94 bits per heavy atom. The van der Waals surface area contributed by atoms with E-state index < -0.39 is 17.9 Å². The lowest BCUT2D eigenvalue weighted by atomic mass is 10.0. The van der Waals surface area contributed by atoms with Gasteiger partial charge in [0.25, 0.3) is 0 Å². The van der Waals surface area contributed by atoms with Crippen LogP contribution in [-0.2, 0) is 24.1 Å². The Labute approximate surface area is 188 Å². The largest absolute Gasteiger partial charge is 0.435 e. The van der Waals surface area contributed by atoms with E-state index in [0.29, 0.717) is 5.65 Å². The van der Waals surface area contributed by atoms with Crippen molar-refractivity contribution in [2.45, 2.75) is 46.1 Å². The average molecular weight is 456 g/mol. The van der Waals surface area contributed by atoms with Gasteiger partial charge in [-0.2, -0.15) is 23.4 Å². The molecule has 7 nitrogen and oxygen atoms in total. The number of halogens is 3. The normalized spacial score (nSPS) is 12.8. The predicted molar refractivity (Wildman–Crippen MR) is 117 cm³/mol. The van der Waals surface area contributed by atoms with E-state index in [4.69, 9.17) is 0 Å². The second-order valence-electron chi connectivity index (χ2n) is 8.06. The highest BCUT2D eigenvalue weighted by Crippen LogP contribution is 2.30. The summed E-state index contributed by atoms with van der Waals surface area (Å²) < 4.78 is 40.9. The van der Waals surface area contributed by atoms with Gasteiger partial charge in [-0.1, -0.05) is 29.8 Å². The molecule has 1 N–H and O–H groups in total. The highest BCUT2D eigenvalue weighted by Gasteiger charge is 2.33. The van der Waals surface area contributed by atoms with Gasteiger partial charge in [-0.25, -0.2) is 9.67 Å². The Bertz CT molecular complexity index is 1310. The molecule has 0 bridgehead atoms. The molecule has 10 heteroatoms. The van der Waals surface area contributed by atoms with Gasteiger partial charge in [-0.3, -0.25) is 9.48 Å². The second-order valence-corrected chi connectivity index (χ2v) is 8.06. The minimum atomic E-state index is -4.50. The van der Waals surface area contributed by atoms with Crippen LogP contribution in [0.5, 0.6) is 0 Å². The highest BCUT2D eigenvalue weighted by atomic mass is 19.4. The van der Waals surface area contributed by atoms with Crippen molar-refractivity contribution in [1.82, 2.24) is 29.9 Å². The van der Waals surface area contributed by atoms with Crippen LogP contribution < -0.4 is 5.32 Å². The summed E-state index contributed by atoms with van der Waals surface area (Å²) in [6.45, 7) is 5.64. The summed E-state index contributed by atoms with van der Waals surface area (Å²) in [5.74, 6) is -0.321. The Kier molecular flexibility index (Phi) is 5.92. The van der Waals surface area contributed by atoms with Crippen LogP contribution in [0.15, 0.2) is 48.8 Å². The van der Waals surface area contributed by atoms with E-state index in [-0.39, 0.29) is 19.0 Å². The summed E-state index contributed by atoms with van der Waals surface area (Å²) >= 11 is 0. The van der Waals surface area contributed by atoms with Gasteiger partial charge in [0.05, 0.1) is 12.2 Å². The molecule has 33 heavy (non-hydrogen) atoms. The molecule has 1 unspecified atom stereocenters. The average Bonchev–Trinajstić information content (AvgIpc) is 3.33. The molecule has 0 fully saturated rings. The number of aryl methyl sites for hydroxylation is 2. The lowest BCUT2D eigenvalue weighted by molar-refractivity contribution is -0.141. The van der Waals surface area contributed by atoms with E-state index in [1.54, 1.807) is 17.8 Å². The van der Waals surface area contributed by atoms with Crippen molar-refractivity contribution in [1.29, 1.82) is 0 Å². The number of pyridine rings is 1. The number of alkyl halides is 3. The van der Waals surface area contributed by atoms with Crippen molar-refractivity contribution < 1.29 is 18.0 Å². The number of hydrogen-bond donors (Lipinski definition) is 1. The summed E-state index contributed by atoms with van der Waals surface area (Å²) in [5.41, 5.74) is 3.55. The molecule has 0 saturated carbocycles. The van der Waals surface area contributed by atoms with Crippen molar-refractivity contribution in [2.24, 2.45) is 0 Å². The molecule has 1 amide bonds. The number of carbonyl (C=O) groups is 1. The molecule has 0 spiro atoms. The fourth-order valence-corrected chi connectivity index (χ4v) is 3.84. The lowest BCUT2D eigenvalue weighted by Gasteiger charge is -2.14. The number of nitrogens with zero attached hydrogens (tertiary/aromatic N) is 5. The molecule has 3 heterocycles. The summed E-state index contributed by atoms with van der Waals surface area (Å²) in [5, 5.41) is 11.7. The molecule has 172 valence electrons. The molecule has 1 atom stereocenters. The number of rotatable bonds is 6. The lowest BCUT2D eigenvalue weighted by Crippen LogP contribution is -2.38. The smallest absolute Gasteiger partial charge is 0.350 e. The number of amides is 1. The van der Waals surface area contributed by atoms with Crippen LogP contribution >= 0.6 is 0 Å². The third-order valence-corrected chi connectivity index (χ3v) is 5.23. The van der Waals surface area contributed by atoms with Crippen LogP contribution in [-0.4, -0.2) is 36.5 Å². The molecular weight excluding hydrogens is 433 g/mol. The van der Waals surface area contributed by atoms with Crippen LogP contribution in [0.25, 0.3) is 22.2 Å². The first kappa shape index (κ1) is 22.5. The van der Waals surface area contributed by atoms with Gasteiger partial charge in [0.15, 0.2) is 11.3 Å². The fourth-order valence-electron chi connectivity index (χ4n) is 3.84. The Balaban J connectivity index is 1.49. The fraction of sp³-hybridized carbons (Fsp3) is 0.304. The van der Waals surface area contributed by atoms with Gasteiger partial charge in [0, 0.05) is 23.8 Å². The third kappa shape index (κ3) is 4.89. The maximum Gasteiger partial charge on any atom is 0.435 e. The number of benzene rings is 1. The molecule has 4 rings (SSSR count). The van der Waals surface area contributed by atoms with E-state index in [0.717, 1.165) is 38.5 Å². The summed E-state index contributed by atoms with van der Waals surface area (Å²) in [6.07, 6.45) is -1.57. The van der Waals surface area contributed by atoms with Crippen molar-refractivity contribution in [3.05, 3.63) is 65.7 Å². The van der Waals surface area contributed by atoms with Crippen molar-refractivity contribution in [2.75, 3.05) is 0 Å². The number of fused-ring (bicyclic) bond motifs is 1. The molecule has 0 radical (unpaired) electrons. The third-order valence-electron chi connectivity index (χ3n) is 5.23. The standard InChI is InChI=1S/C23H23F3N6O/c1-14-5-4-6-17(11-14)18-7-9-27-22-21(18)16(3)29-32(22)13-20(33)28-15(2)12-31-10-8-19(30-31)23(24,25)26/h4-11,15H,12-13H2,1-3H3,(H,28,33). The monoisotopic (exact) mass is 456 g/mol. The number of aromatic nitrogens is 5. The predicted octanol–water partition coefficient (Wildman–Crippen LogP) is 4.14. The molecule has 3 aromatic heterocycles. The Hall–Kier alpha value is -3.69. The van der Waals surface area contributed by atoms with Gasteiger partial charge in [0.1, 0.15) is 6.54 Å². The molecular formula is C23H23F3N6O. The molecule has 0 aliphatic heterocycles. The van der Waals surface area contributed by atoms with Gasteiger partial charge in [0.2, 0.25) is 5.91 Å². The van der Waals surface area contributed by atoms with Crippen molar-refractivity contribution >= 4 is 16.9 Å². The minimum Gasteiger partial charge on any atom is -0.350 e. The van der Waals surface area contributed by atoms with Gasteiger partial charge >= 0.3 is 6.18 Å². The van der Waals surface area contributed by atoms with E-state index >= 15 is 0 Å². The zero-order chi connectivity index (χ0) is 23.8. The van der Waals surface area contributed by atoms with Crippen LogP contribution in [0.1, 0.15) is 23.9 Å². The SMILES string of the molecule is Cc1cccc(-c2ccnc3c2c(C)nn3CC(=O)NC(C)Cn2ccc(C(F)(F)F)n2)c1. The van der Waals surface area contributed by atoms with Gasteiger partial charge < -0.3 is 5.32 Å². The van der Waals surface area contributed by atoms with Crippen LogP contribution in [0.3, 0.4) is 0 Å². The van der Waals surface area contributed by atoms with Crippen LogP contribution in [0.4, 0.5) is 13.2 Å². The topological polar surface area (TPSA) is 77.6 Å². The number of carbonyl (C=O) groups excluding carboxylic acids is 1. The summed E-state index contributed by atoms with van der Waals surface area (Å²) in [7, 11) is 0. The molecule has 0 aliphatic rings. The Morgan fingerprint density at radius 3 is 2.64 bits per heavy atom. The van der Waals surface area contributed by atoms with E-state index in [9.17, 15) is 18.0 Å². The van der Waals surface area contributed by atoms with Crippen molar-refractivity contribution in [3.63, 3.8) is 0 Å². The maximum atomic E-state index is 12.7. The summed E-state index contributed by atoms with van der Waals surface area (Å²) in [4.78, 5) is 17.1. The molecule has 0 aliphatic carbocycles. The zero-order valence-corrected chi connectivity index (χ0v) is 18.4. The van der Waals surface area contributed by atoms with Gasteiger partial charge in [-0.05, 0) is 44.0 Å². The maximum absolute atomic E-state index is 12.7. The molecule has 0 saturated heterocycles.